The molecule has 4 aromatic rings. The Labute approximate surface area is 155 Å². The van der Waals surface area contributed by atoms with Gasteiger partial charge in [-0.3, -0.25) is 4.79 Å². The number of amides is 1. The van der Waals surface area contributed by atoms with Crippen LogP contribution in [-0.4, -0.2) is 16.0 Å². The minimum absolute atomic E-state index is 0.115. The zero-order chi connectivity index (χ0) is 18.5. The largest absolute Gasteiger partial charge is 0.461 e. The van der Waals surface area contributed by atoms with Crippen LogP contribution in [0.15, 0.2) is 81.9 Å². The van der Waals surface area contributed by atoms with Crippen LogP contribution in [0.1, 0.15) is 12.3 Å². The summed E-state index contributed by atoms with van der Waals surface area (Å²) >= 11 is 0. The van der Waals surface area contributed by atoms with Gasteiger partial charge in [0, 0.05) is 24.1 Å². The number of carbonyl (C=O) groups is 1. The Morgan fingerprint density at radius 3 is 2.59 bits per heavy atom. The minimum Gasteiger partial charge on any atom is -0.461 e. The number of hydrogen-bond donors (Lipinski definition) is 1. The first-order chi connectivity index (χ1) is 13.3. The van der Waals surface area contributed by atoms with Crippen LogP contribution >= 0.6 is 0 Å². The molecule has 0 aliphatic heterocycles. The molecule has 6 heteroatoms. The van der Waals surface area contributed by atoms with E-state index in [9.17, 15) is 4.79 Å². The normalized spacial score (nSPS) is 10.7. The van der Waals surface area contributed by atoms with Crippen molar-refractivity contribution >= 4 is 11.6 Å². The van der Waals surface area contributed by atoms with Crippen LogP contribution < -0.4 is 5.32 Å². The number of benzene rings is 2. The van der Waals surface area contributed by atoms with E-state index in [1.165, 1.54) is 0 Å². The maximum Gasteiger partial charge on any atom is 0.238 e. The Bertz CT molecular complexity index is 1020. The first-order valence-corrected chi connectivity index (χ1v) is 8.60. The summed E-state index contributed by atoms with van der Waals surface area (Å²) < 4.78 is 10.4. The number of para-hydroxylation sites is 1. The van der Waals surface area contributed by atoms with Crippen LogP contribution in [0.2, 0.25) is 0 Å². The number of furan rings is 1. The van der Waals surface area contributed by atoms with Crippen molar-refractivity contribution in [2.45, 2.75) is 12.8 Å². The lowest BCUT2D eigenvalue weighted by Gasteiger charge is -2.11. The van der Waals surface area contributed by atoms with Crippen LogP contribution in [0, 0.1) is 0 Å². The fourth-order valence-corrected chi connectivity index (χ4v) is 2.76. The third-order valence-electron chi connectivity index (χ3n) is 4.06. The molecule has 2 aromatic carbocycles. The van der Waals surface area contributed by atoms with E-state index in [1.54, 1.807) is 18.4 Å². The van der Waals surface area contributed by atoms with Crippen molar-refractivity contribution in [3.05, 3.63) is 78.9 Å². The SMILES string of the molecule is O=C(CCc1nc(-c2ccco2)no1)Nc1ccccc1-c1ccccc1. The van der Waals surface area contributed by atoms with Gasteiger partial charge in [-0.2, -0.15) is 4.98 Å². The molecule has 0 aliphatic carbocycles. The molecule has 1 amide bonds. The molecule has 0 saturated heterocycles. The minimum atomic E-state index is -0.115. The van der Waals surface area contributed by atoms with Crippen LogP contribution in [0.3, 0.4) is 0 Å². The molecule has 0 saturated carbocycles. The van der Waals surface area contributed by atoms with E-state index >= 15 is 0 Å². The molecule has 2 heterocycles. The summed E-state index contributed by atoms with van der Waals surface area (Å²) in [5.74, 6) is 1.19. The van der Waals surface area contributed by atoms with Gasteiger partial charge < -0.3 is 14.3 Å². The Morgan fingerprint density at radius 1 is 0.963 bits per heavy atom. The molecule has 0 radical (unpaired) electrons. The summed E-state index contributed by atoms with van der Waals surface area (Å²) in [7, 11) is 0. The molecular weight excluding hydrogens is 342 g/mol. The van der Waals surface area contributed by atoms with Crippen molar-refractivity contribution in [3.8, 4) is 22.7 Å². The topological polar surface area (TPSA) is 81.2 Å². The molecule has 27 heavy (non-hydrogen) atoms. The van der Waals surface area contributed by atoms with Gasteiger partial charge >= 0.3 is 0 Å². The number of nitrogens with zero attached hydrogens (tertiary/aromatic N) is 2. The molecule has 0 atom stereocenters. The summed E-state index contributed by atoms with van der Waals surface area (Å²) in [6.07, 6.45) is 2.14. The van der Waals surface area contributed by atoms with Gasteiger partial charge in [-0.25, -0.2) is 0 Å². The fourth-order valence-electron chi connectivity index (χ4n) is 2.76. The van der Waals surface area contributed by atoms with Crippen molar-refractivity contribution in [1.29, 1.82) is 0 Å². The summed E-state index contributed by atoms with van der Waals surface area (Å²) in [5.41, 5.74) is 2.80. The molecule has 6 nitrogen and oxygen atoms in total. The van der Waals surface area contributed by atoms with Crippen LogP contribution in [0.4, 0.5) is 5.69 Å². The van der Waals surface area contributed by atoms with Gasteiger partial charge in [0.2, 0.25) is 17.6 Å². The number of anilines is 1. The number of hydrogen-bond acceptors (Lipinski definition) is 5. The van der Waals surface area contributed by atoms with Gasteiger partial charge in [-0.05, 0) is 23.8 Å². The molecule has 0 aliphatic rings. The van der Waals surface area contributed by atoms with Crippen LogP contribution in [0.5, 0.6) is 0 Å². The zero-order valence-corrected chi connectivity index (χ0v) is 14.5. The highest BCUT2D eigenvalue weighted by Gasteiger charge is 2.13. The van der Waals surface area contributed by atoms with Gasteiger partial charge in [0.25, 0.3) is 0 Å². The second-order valence-electron chi connectivity index (χ2n) is 5.95. The fraction of sp³-hybridized carbons (Fsp3) is 0.0952. The average molecular weight is 359 g/mol. The second kappa shape index (κ2) is 7.70. The average Bonchev–Trinajstić information content (AvgIpc) is 3.39. The highest BCUT2D eigenvalue weighted by Crippen LogP contribution is 2.27. The Hall–Kier alpha value is -3.67. The molecule has 0 spiro atoms. The van der Waals surface area contributed by atoms with Gasteiger partial charge in [0.1, 0.15) is 0 Å². The first-order valence-electron chi connectivity index (χ1n) is 8.60. The van der Waals surface area contributed by atoms with E-state index < -0.39 is 0 Å². The van der Waals surface area contributed by atoms with Crippen molar-refractivity contribution in [1.82, 2.24) is 10.1 Å². The molecular formula is C21H17N3O3. The lowest BCUT2D eigenvalue weighted by atomic mass is 10.0. The number of aryl methyl sites for hydroxylation is 1. The van der Waals surface area contributed by atoms with Gasteiger partial charge in [0.05, 0.1) is 6.26 Å². The van der Waals surface area contributed by atoms with E-state index in [2.05, 4.69) is 15.5 Å². The van der Waals surface area contributed by atoms with E-state index in [4.69, 9.17) is 8.94 Å². The molecule has 134 valence electrons. The number of nitrogens with one attached hydrogen (secondary N) is 1. The number of carbonyl (C=O) groups excluding carboxylic acids is 1. The number of rotatable bonds is 6. The van der Waals surface area contributed by atoms with Crippen molar-refractivity contribution < 1.29 is 13.7 Å². The van der Waals surface area contributed by atoms with Crippen molar-refractivity contribution in [3.63, 3.8) is 0 Å². The van der Waals surface area contributed by atoms with Crippen molar-refractivity contribution in [2.24, 2.45) is 0 Å². The second-order valence-corrected chi connectivity index (χ2v) is 5.95. The summed E-state index contributed by atoms with van der Waals surface area (Å²) in [6, 6.07) is 21.2. The van der Waals surface area contributed by atoms with Crippen LogP contribution in [0.25, 0.3) is 22.7 Å². The summed E-state index contributed by atoms with van der Waals surface area (Å²) in [6.45, 7) is 0. The molecule has 0 unspecified atom stereocenters. The van der Waals surface area contributed by atoms with E-state index in [-0.39, 0.29) is 12.3 Å². The first kappa shape index (κ1) is 16.8. The van der Waals surface area contributed by atoms with Gasteiger partial charge in [-0.1, -0.05) is 53.7 Å². The Kier molecular flexibility index (Phi) is 4.78. The summed E-state index contributed by atoms with van der Waals surface area (Å²) in [5, 5.41) is 6.83. The molecule has 0 bridgehead atoms. The lowest BCUT2D eigenvalue weighted by Crippen LogP contribution is -2.13. The quantitative estimate of drug-likeness (QED) is 0.545. The Balaban J connectivity index is 1.41. The van der Waals surface area contributed by atoms with E-state index in [0.29, 0.717) is 23.9 Å². The third kappa shape index (κ3) is 3.95. The van der Waals surface area contributed by atoms with E-state index in [0.717, 1.165) is 16.8 Å². The predicted molar refractivity (Wildman–Crippen MR) is 101 cm³/mol. The number of aromatic nitrogens is 2. The zero-order valence-electron chi connectivity index (χ0n) is 14.5. The lowest BCUT2D eigenvalue weighted by molar-refractivity contribution is -0.116. The Morgan fingerprint density at radius 2 is 1.78 bits per heavy atom. The van der Waals surface area contributed by atoms with Gasteiger partial charge in [-0.15, -0.1) is 0 Å². The van der Waals surface area contributed by atoms with E-state index in [1.807, 2.05) is 54.6 Å². The van der Waals surface area contributed by atoms with Crippen LogP contribution in [-0.2, 0) is 11.2 Å². The molecule has 1 N–H and O–H groups in total. The molecule has 2 aromatic heterocycles. The third-order valence-corrected chi connectivity index (χ3v) is 4.06. The van der Waals surface area contributed by atoms with Crippen molar-refractivity contribution in [2.75, 3.05) is 5.32 Å². The highest BCUT2D eigenvalue weighted by molar-refractivity contribution is 5.95. The maximum absolute atomic E-state index is 12.4. The monoisotopic (exact) mass is 359 g/mol. The molecule has 0 fully saturated rings. The predicted octanol–water partition coefficient (Wildman–Crippen LogP) is 4.57. The summed E-state index contributed by atoms with van der Waals surface area (Å²) in [4.78, 5) is 16.6. The molecule has 4 rings (SSSR count). The standard InChI is InChI=1S/C21H17N3O3/c25-19(12-13-20-23-21(24-27-20)18-11-6-14-26-18)22-17-10-5-4-9-16(17)15-7-2-1-3-8-15/h1-11,14H,12-13H2,(H,22,25). The maximum atomic E-state index is 12.4. The smallest absolute Gasteiger partial charge is 0.238 e. The highest BCUT2D eigenvalue weighted by atomic mass is 16.5. The van der Waals surface area contributed by atoms with Gasteiger partial charge in [0.15, 0.2) is 5.76 Å².